The normalized spacial score (nSPS) is 11.5. The van der Waals surface area contributed by atoms with E-state index >= 15 is 0 Å². The fourth-order valence-corrected chi connectivity index (χ4v) is 0.708. The molecule has 0 fully saturated rings. The standard InChI is InChI=1S/C10H20O/c1-5-6-7-8-11-9-10(2,3)4/h5H,1,6-9H2,2-4H3. The third-order valence-electron chi connectivity index (χ3n) is 1.23. The molecule has 0 spiro atoms. The van der Waals surface area contributed by atoms with E-state index in [9.17, 15) is 0 Å². The Hall–Kier alpha value is -0.300. The molecule has 0 unspecified atom stereocenters. The predicted octanol–water partition coefficient (Wildman–Crippen LogP) is 3.02. The lowest BCUT2D eigenvalue weighted by Gasteiger charge is -2.17. The molecule has 0 aliphatic carbocycles. The lowest BCUT2D eigenvalue weighted by atomic mass is 9.99. The molecule has 0 saturated carbocycles. The van der Waals surface area contributed by atoms with Crippen LogP contribution in [0, 0.1) is 5.41 Å². The van der Waals surface area contributed by atoms with Gasteiger partial charge in [-0.15, -0.1) is 6.58 Å². The van der Waals surface area contributed by atoms with Crippen molar-refractivity contribution < 1.29 is 4.74 Å². The van der Waals surface area contributed by atoms with Gasteiger partial charge in [-0.1, -0.05) is 26.8 Å². The minimum absolute atomic E-state index is 0.300. The zero-order valence-corrected chi connectivity index (χ0v) is 8.02. The molecule has 0 saturated heterocycles. The third kappa shape index (κ3) is 9.70. The molecule has 0 radical (unpaired) electrons. The van der Waals surface area contributed by atoms with Crippen LogP contribution in [0.1, 0.15) is 33.6 Å². The molecule has 11 heavy (non-hydrogen) atoms. The topological polar surface area (TPSA) is 9.23 Å². The van der Waals surface area contributed by atoms with Gasteiger partial charge in [0.1, 0.15) is 0 Å². The quantitative estimate of drug-likeness (QED) is 0.439. The average molecular weight is 156 g/mol. The largest absolute Gasteiger partial charge is 0.381 e. The van der Waals surface area contributed by atoms with Crippen molar-refractivity contribution in [3.05, 3.63) is 12.7 Å². The molecule has 0 aliphatic heterocycles. The van der Waals surface area contributed by atoms with E-state index in [2.05, 4.69) is 27.4 Å². The van der Waals surface area contributed by atoms with E-state index in [1.807, 2.05) is 6.08 Å². The van der Waals surface area contributed by atoms with Crippen LogP contribution in [0.25, 0.3) is 0 Å². The van der Waals surface area contributed by atoms with Gasteiger partial charge >= 0.3 is 0 Å². The lowest BCUT2D eigenvalue weighted by Crippen LogP contribution is -2.14. The van der Waals surface area contributed by atoms with Gasteiger partial charge in [-0.3, -0.25) is 0 Å². The number of hydrogen-bond acceptors (Lipinski definition) is 1. The van der Waals surface area contributed by atoms with E-state index < -0.39 is 0 Å². The van der Waals surface area contributed by atoms with E-state index in [0.717, 1.165) is 26.1 Å². The Morgan fingerprint density at radius 1 is 1.36 bits per heavy atom. The van der Waals surface area contributed by atoms with Gasteiger partial charge in [0.15, 0.2) is 0 Å². The summed E-state index contributed by atoms with van der Waals surface area (Å²) >= 11 is 0. The first-order valence-corrected chi connectivity index (χ1v) is 4.25. The first kappa shape index (κ1) is 10.7. The molecule has 66 valence electrons. The van der Waals surface area contributed by atoms with Crippen molar-refractivity contribution in [1.82, 2.24) is 0 Å². The number of allylic oxidation sites excluding steroid dienone is 1. The molecule has 1 nitrogen and oxygen atoms in total. The monoisotopic (exact) mass is 156 g/mol. The van der Waals surface area contributed by atoms with Gasteiger partial charge in [0.2, 0.25) is 0 Å². The first-order valence-electron chi connectivity index (χ1n) is 4.25. The third-order valence-corrected chi connectivity index (χ3v) is 1.23. The van der Waals surface area contributed by atoms with Crippen molar-refractivity contribution in [2.24, 2.45) is 5.41 Å². The Balaban J connectivity index is 3.08. The Kier molecular flexibility index (Phi) is 5.22. The predicted molar refractivity (Wildman–Crippen MR) is 49.7 cm³/mol. The maximum absolute atomic E-state index is 5.45. The Bertz CT molecular complexity index is 99.9. The summed E-state index contributed by atoms with van der Waals surface area (Å²) in [6.45, 7) is 11.9. The van der Waals surface area contributed by atoms with Crippen LogP contribution in [0.4, 0.5) is 0 Å². The van der Waals surface area contributed by atoms with Crippen LogP contribution in [0.5, 0.6) is 0 Å². The molecule has 0 aromatic carbocycles. The van der Waals surface area contributed by atoms with Gasteiger partial charge in [-0.2, -0.15) is 0 Å². The van der Waals surface area contributed by atoms with Gasteiger partial charge in [0.05, 0.1) is 6.61 Å². The summed E-state index contributed by atoms with van der Waals surface area (Å²) < 4.78 is 5.45. The maximum atomic E-state index is 5.45. The number of ether oxygens (including phenoxy) is 1. The molecule has 0 aliphatic rings. The van der Waals surface area contributed by atoms with E-state index in [-0.39, 0.29) is 0 Å². The highest BCUT2D eigenvalue weighted by atomic mass is 16.5. The molecular weight excluding hydrogens is 136 g/mol. The molecule has 0 N–H and O–H groups in total. The van der Waals surface area contributed by atoms with Crippen LogP contribution in [-0.2, 0) is 4.74 Å². The number of hydrogen-bond donors (Lipinski definition) is 0. The SMILES string of the molecule is C=CCCCOCC(C)(C)C. The van der Waals surface area contributed by atoms with Gasteiger partial charge in [-0.25, -0.2) is 0 Å². The minimum atomic E-state index is 0.300. The van der Waals surface area contributed by atoms with Gasteiger partial charge in [0.25, 0.3) is 0 Å². The summed E-state index contributed by atoms with van der Waals surface area (Å²) in [7, 11) is 0. The molecule has 0 aromatic heterocycles. The fraction of sp³-hybridized carbons (Fsp3) is 0.800. The van der Waals surface area contributed by atoms with Crippen molar-refractivity contribution >= 4 is 0 Å². The lowest BCUT2D eigenvalue weighted by molar-refractivity contribution is 0.0701. The van der Waals surface area contributed by atoms with Crippen molar-refractivity contribution in [3.63, 3.8) is 0 Å². The van der Waals surface area contributed by atoms with Crippen LogP contribution >= 0.6 is 0 Å². The first-order chi connectivity index (χ1) is 5.06. The summed E-state index contributed by atoms with van der Waals surface area (Å²) in [4.78, 5) is 0. The van der Waals surface area contributed by atoms with Crippen LogP contribution in [0.15, 0.2) is 12.7 Å². The summed E-state index contributed by atoms with van der Waals surface area (Å²) in [5, 5.41) is 0. The Morgan fingerprint density at radius 3 is 2.45 bits per heavy atom. The average Bonchev–Trinajstić information content (AvgIpc) is 1.85. The summed E-state index contributed by atoms with van der Waals surface area (Å²) in [5.41, 5.74) is 0.300. The summed E-state index contributed by atoms with van der Waals surface area (Å²) in [6, 6.07) is 0. The molecule has 0 rings (SSSR count). The van der Waals surface area contributed by atoms with Gasteiger partial charge in [-0.05, 0) is 18.3 Å². The van der Waals surface area contributed by atoms with Crippen LogP contribution < -0.4 is 0 Å². The highest BCUT2D eigenvalue weighted by Gasteiger charge is 2.08. The zero-order chi connectivity index (χ0) is 8.74. The van der Waals surface area contributed by atoms with Gasteiger partial charge in [0, 0.05) is 6.61 Å². The van der Waals surface area contributed by atoms with Crippen LogP contribution in [-0.4, -0.2) is 13.2 Å². The second kappa shape index (κ2) is 5.36. The number of unbranched alkanes of at least 4 members (excludes halogenated alkanes) is 1. The molecule has 0 aromatic rings. The summed E-state index contributed by atoms with van der Waals surface area (Å²) in [5.74, 6) is 0. The van der Waals surface area contributed by atoms with Crippen LogP contribution in [0.2, 0.25) is 0 Å². The molecule has 0 atom stereocenters. The van der Waals surface area contributed by atoms with E-state index in [1.54, 1.807) is 0 Å². The van der Waals surface area contributed by atoms with Crippen molar-refractivity contribution in [2.75, 3.05) is 13.2 Å². The molecule has 0 bridgehead atoms. The van der Waals surface area contributed by atoms with E-state index in [0.29, 0.717) is 5.41 Å². The minimum Gasteiger partial charge on any atom is -0.381 e. The maximum Gasteiger partial charge on any atom is 0.0514 e. The molecule has 0 heterocycles. The van der Waals surface area contributed by atoms with E-state index in [1.165, 1.54) is 0 Å². The van der Waals surface area contributed by atoms with Gasteiger partial charge < -0.3 is 4.74 Å². The summed E-state index contributed by atoms with van der Waals surface area (Å²) in [6.07, 6.45) is 4.09. The molecular formula is C10H20O. The fourth-order valence-electron chi connectivity index (χ4n) is 0.708. The highest BCUT2D eigenvalue weighted by molar-refractivity contribution is 4.65. The van der Waals surface area contributed by atoms with Crippen molar-refractivity contribution in [2.45, 2.75) is 33.6 Å². The Labute approximate surface area is 70.4 Å². The van der Waals surface area contributed by atoms with Crippen molar-refractivity contribution in [1.29, 1.82) is 0 Å². The second-order valence-corrected chi connectivity index (χ2v) is 4.04. The highest BCUT2D eigenvalue weighted by Crippen LogP contribution is 2.12. The second-order valence-electron chi connectivity index (χ2n) is 4.04. The molecule has 0 amide bonds. The van der Waals surface area contributed by atoms with E-state index in [4.69, 9.17) is 4.74 Å². The van der Waals surface area contributed by atoms with Crippen LogP contribution in [0.3, 0.4) is 0 Å². The number of rotatable bonds is 5. The zero-order valence-electron chi connectivity index (χ0n) is 8.02. The Morgan fingerprint density at radius 2 is 2.00 bits per heavy atom. The van der Waals surface area contributed by atoms with Crippen molar-refractivity contribution in [3.8, 4) is 0 Å². The smallest absolute Gasteiger partial charge is 0.0514 e. The molecule has 1 heteroatoms.